The molecular weight excluding hydrogens is 240 g/mol. The number of nitrogen functional groups attached to an aromatic ring is 1. The molecule has 0 aliphatic carbocycles. The van der Waals surface area contributed by atoms with Gasteiger partial charge in [-0.1, -0.05) is 6.92 Å². The fourth-order valence-electron chi connectivity index (χ4n) is 2.43. The molecule has 0 saturated carbocycles. The van der Waals surface area contributed by atoms with Crippen LogP contribution in [0.5, 0.6) is 0 Å². The number of hydrogen-bond acceptors (Lipinski definition) is 6. The van der Waals surface area contributed by atoms with Crippen LogP contribution in [0.15, 0.2) is 6.07 Å². The van der Waals surface area contributed by atoms with E-state index in [4.69, 9.17) is 5.73 Å². The van der Waals surface area contributed by atoms with Crippen molar-refractivity contribution in [2.45, 2.75) is 19.8 Å². The highest BCUT2D eigenvalue weighted by Gasteiger charge is 2.14. The zero-order valence-corrected chi connectivity index (χ0v) is 11.8. The van der Waals surface area contributed by atoms with E-state index in [1.807, 2.05) is 13.1 Å². The Bertz CT molecular complexity index is 402. The third-order valence-electron chi connectivity index (χ3n) is 3.40. The van der Waals surface area contributed by atoms with Gasteiger partial charge in [0.2, 0.25) is 5.95 Å². The Morgan fingerprint density at radius 1 is 1.32 bits per heavy atom. The van der Waals surface area contributed by atoms with E-state index < -0.39 is 0 Å². The van der Waals surface area contributed by atoms with E-state index in [0.717, 1.165) is 24.7 Å². The molecule has 19 heavy (non-hydrogen) atoms. The summed E-state index contributed by atoms with van der Waals surface area (Å²) in [6.45, 7) is 6.79. The lowest BCUT2D eigenvalue weighted by Crippen LogP contribution is -2.29. The fourth-order valence-corrected chi connectivity index (χ4v) is 2.43. The van der Waals surface area contributed by atoms with Crippen LogP contribution in [-0.2, 0) is 0 Å². The molecule has 0 spiro atoms. The van der Waals surface area contributed by atoms with Gasteiger partial charge < -0.3 is 21.3 Å². The van der Waals surface area contributed by atoms with Gasteiger partial charge in [-0.05, 0) is 31.8 Å². The Morgan fingerprint density at radius 2 is 2.00 bits per heavy atom. The van der Waals surface area contributed by atoms with Gasteiger partial charge in [0.05, 0.1) is 0 Å². The number of nitrogens with one attached hydrogen (secondary N) is 2. The smallest absolute Gasteiger partial charge is 0.223 e. The van der Waals surface area contributed by atoms with Crippen molar-refractivity contribution in [1.29, 1.82) is 0 Å². The highest BCUT2D eigenvalue weighted by atomic mass is 15.1. The van der Waals surface area contributed by atoms with Crippen LogP contribution >= 0.6 is 0 Å². The van der Waals surface area contributed by atoms with Gasteiger partial charge in [-0.3, -0.25) is 0 Å². The van der Waals surface area contributed by atoms with Crippen molar-refractivity contribution in [2.75, 3.05) is 49.6 Å². The molecule has 1 aliphatic heterocycles. The average Bonchev–Trinajstić information content (AvgIpc) is 2.88. The number of likely N-dealkylation sites (tertiary alicyclic amines) is 1. The van der Waals surface area contributed by atoms with Crippen molar-refractivity contribution in [1.82, 2.24) is 14.9 Å². The zero-order valence-electron chi connectivity index (χ0n) is 11.8. The number of nitrogens with zero attached hydrogens (tertiary/aromatic N) is 3. The van der Waals surface area contributed by atoms with Crippen molar-refractivity contribution < 1.29 is 0 Å². The van der Waals surface area contributed by atoms with Crippen molar-refractivity contribution in [3.05, 3.63) is 6.07 Å². The van der Waals surface area contributed by atoms with Gasteiger partial charge in [-0.25, -0.2) is 0 Å². The molecule has 1 saturated heterocycles. The first-order chi connectivity index (χ1) is 9.17. The monoisotopic (exact) mass is 264 g/mol. The summed E-state index contributed by atoms with van der Waals surface area (Å²) in [5.74, 6) is 2.40. The molecule has 1 aliphatic rings. The van der Waals surface area contributed by atoms with Gasteiger partial charge in [0, 0.05) is 26.2 Å². The summed E-state index contributed by atoms with van der Waals surface area (Å²) < 4.78 is 0. The molecule has 2 heterocycles. The molecule has 4 N–H and O–H groups in total. The molecule has 1 aromatic heterocycles. The van der Waals surface area contributed by atoms with Crippen LogP contribution in [0, 0.1) is 5.92 Å². The Labute approximate surface area is 114 Å². The normalized spacial score (nSPS) is 17.4. The molecule has 1 atom stereocenters. The number of anilines is 3. The number of aromatic nitrogens is 2. The van der Waals surface area contributed by atoms with Gasteiger partial charge in [0.15, 0.2) is 0 Å². The van der Waals surface area contributed by atoms with E-state index in [2.05, 4.69) is 32.4 Å². The maximum Gasteiger partial charge on any atom is 0.223 e. The second-order valence-electron chi connectivity index (χ2n) is 5.24. The molecule has 0 bridgehead atoms. The second kappa shape index (κ2) is 6.56. The average molecular weight is 264 g/mol. The van der Waals surface area contributed by atoms with Gasteiger partial charge in [-0.2, -0.15) is 9.97 Å². The van der Waals surface area contributed by atoms with E-state index in [0.29, 0.717) is 11.9 Å². The fraction of sp³-hybridized carbons (Fsp3) is 0.692. The van der Waals surface area contributed by atoms with E-state index in [1.165, 1.54) is 25.9 Å². The second-order valence-corrected chi connectivity index (χ2v) is 5.24. The largest absolute Gasteiger partial charge is 0.373 e. The Kier molecular flexibility index (Phi) is 4.79. The molecule has 0 radical (unpaired) electrons. The minimum atomic E-state index is 0.293. The van der Waals surface area contributed by atoms with Crippen molar-refractivity contribution in [2.24, 2.45) is 5.92 Å². The first-order valence-electron chi connectivity index (χ1n) is 6.96. The molecule has 2 rings (SSSR count). The van der Waals surface area contributed by atoms with Crippen LogP contribution in [0.2, 0.25) is 0 Å². The minimum absolute atomic E-state index is 0.293. The van der Waals surface area contributed by atoms with Crippen LogP contribution in [0.25, 0.3) is 0 Å². The third-order valence-corrected chi connectivity index (χ3v) is 3.40. The van der Waals surface area contributed by atoms with E-state index in [9.17, 15) is 0 Å². The number of hydrogen-bond donors (Lipinski definition) is 3. The summed E-state index contributed by atoms with van der Waals surface area (Å²) in [4.78, 5) is 10.8. The lowest BCUT2D eigenvalue weighted by atomic mass is 10.1. The number of rotatable bonds is 6. The Morgan fingerprint density at radius 3 is 2.68 bits per heavy atom. The maximum absolute atomic E-state index is 5.66. The standard InChI is InChI=1S/C13H24N6/c1-10(9-19-5-3-4-6-19)8-16-12-7-11(15-2)17-13(14)18-12/h7,10H,3-6,8-9H2,1-2H3,(H4,14,15,16,17,18). The lowest BCUT2D eigenvalue weighted by Gasteiger charge is -2.20. The molecule has 6 heteroatoms. The van der Waals surface area contributed by atoms with Crippen LogP contribution in [0.3, 0.4) is 0 Å². The van der Waals surface area contributed by atoms with E-state index in [1.54, 1.807) is 0 Å². The van der Waals surface area contributed by atoms with Crippen LogP contribution in [0.4, 0.5) is 17.6 Å². The minimum Gasteiger partial charge on any atom is -0.373 e. The summed E-state index contributed by atoms with van der Waals surface area (Å²) in [7, 11) is 1.82. The number of nitrogens with two attached hydrogens (primary N) is 1. The molecule has 0 aromatic carbocycles. The van der Waals surface area contributed by atoms with Crippen molar-refractivity contribution in [3.8, 4) is 0 Å². The van der Waals surface area contributed by atoms with Gasteiger partial charge in [0.1, 0.15) is 11.6 Å². The SMILES string of the molecule is CNc1cc(NCC(C)CN2CCCC2)nc(N)n1. The molecule has 1 aromatic rings. The van der Waals surface area contributed by atoms with Crippen LogP contribution in [-0.4, -0.2) is 48.1 Å². The van der Waals surface area contributed by atoms with Crippen LogP contribution in [0.1, 0.15) is 19.8 Å². The summed E-state index contributed by atoms with van der Waals surface area (Å²) in [6, 6.07) is 1.87. The van der Waals surface area contributed by atoms with Crippen molar-refractivity contribution in [3.63, 3.8) is 0 Å². The first-order valence-corrected chi connectivity index (χ1v) is 6.96. The summed E-state index contributed by atoms with van der Waals surface area (Å²) in [5, 5.41) is 6.31. The van der Waals surface area contributed by atoms with Crippen molar-refractivity contribution >= 4 is 17.6 Å². The molecule has 1 fully saturated rings. The third kappa shape index (κ3) is 4.24. The Balaban J connectivity index is 1.82. The summed E-state index contributed by atoms with van der Waals surface area (Å²) in [5.41, 5.74) is 5.66. The lowest BCUT2D eigenvalue weighted by molar-refractivity contribution is 0.294. The topological polar surface area (TPSA) is 79.1 Å². The van der Waals surface area contributed by atoms with E-state index in [-0.39, 0.29) is 0 Å². The Hall–Kier alpha value is -1.56. The predicted molar refractivity (Wildman–Crippen MR) is 79.3 cm³/mol. The zero-order chi connectivity index (χ0) is 13.7. The maximum atomic E-state index is 5.66. The molecule has 6 nitrogen and oxygen atoms in total. The molecule has 106 valence electrons. The van der Waals surface area contributed by atoms with Gasteiger partial charge in [-0.15, -0.1) is 0 Å². The predicted octanol–water partition coefficient (Wildman–Crippen LogP) is 1.24. The quantitative estimate of drug-likeness (QED) is 0.717. The summed E-state index contributed by atoms with van der Waals surface area (Å²) >= 11 is 0. The van der Waals surface area contributed by atoms with Crippen LogP contribution < -0.4 is 16.4 Å². The molecule has 1 unspecified atom stereocenters. The van der Waals surface area contributed by atoms with Gasteiger partial charge >= 0.3 is 0 Å². The molecule has 0 amide bonds. The highest BCUT2D eigenvalue weighted by molar-refractivity contribution is 5.50. The van der Waals surface area contributed by atoms with Gasteiger partial charge in [0.25, 0.3) is 0 Å². The highest BCUT2D eigenvalue weighted by Crippen LogP contribution is 2.14. The summed E-state index contributed by atoms with van der Waals surface area (Å²) in [6.07, 6.45) is 2.68. The first kappa shape index (κ1) is 13.9. The van der Waals surface area contributed by atoms with E-state index >= 15 is 0 Å². The molecular formula is C13H24N6.